The van der Waals surface area contributed by atoms with Crippen molar-refractivity contribution in [2.24, 2.45) is 5.73 Å². The van der Waals surface area contributed by atoms with Crippen LogP contribution >= 0.6 is 0 Å². The Hall–Kier alpha value is -1.16. The summed E-state index contributed by atoms with van der Waals surface area (Å²) >= 11 is 0. The molecule has 17 heavy (non-hydrogen) atoms. The van der Waals surface area contributed by atoms with Crippen LogP contribution in [0.2, 0.25) is 0 Å². The Bertz CT molecular complexity index is 449. The van der Waals surface area contributed by atoms with E-state index in [1.165, 1.54) is 12.1 Å². The topological polar surface area (TPSA) is 29.3 Å². The second kappa shape index (κ2) is 3.67. The van der Waals surface area contributed by atoms with E-state index in [1.54, 1.807) is 0 Å². The molecule has 1 saturated carbocycles. The van der Waals surface area contributed by atoms with Crippen LogP contribution in [-0.4, -0.2) is 13.1 Å². The molecule has 1 saturated heterocycles. The molecular weight excluding hydrogens is 222 g/mol. The van der Waals surface area contributed by atoms with E-state index in [9.17, 15) is 8.78 Å². The maximum Gasteiger partial charge on any atom is 0.160 e. The fraction of sp³-hybridized carbons (Fsp3) is 0.538. The smallest absolute Gasteiger partial charge is 0.160 e. The molecule has 0 amide bonds. The quantitative estimate of drug-likeness (QED) is 0.857. The molecule has 2 aliphatic rings. The van der Waals surface area contributed by atoms with Gasteiger partial charge in [-0.15, -0.1) is 0 Å². The van der Waals surface area contributed by atoms with Gasteiger partial charge in [0.2, 0.25) is 0 Å². The van der Waals surface area contributed by atoms with Crippen LogP contribution in [0.4, 0.5) is 14.5 Å². The summed E-state index contributed by atoms with van der Waals surface area (Å²) in [5, 5.41) is 0. The van der Waals surface area contributed by atoms with Crippen LogP contribution in [0.1, 0.15) is 31.2 Å². The predicted octanol–water partition coefficient (Wildman–Crippen LogP) is 2.51. The zero-order chi connectivity index (χ0) is 12.0. The Labute approximate surface area is 99.4 Å². The molecule has 0 bridgehead atoms. The standard InChI is InChI=1S/C13H16F2N2/c14-10-7-9(13(16)3-4-13)12(8-11(10)15)17-5-1-2-6-17/h7-8H,1-6,16H2. The van der Waals surface area contributed by atoms with Gasteiger partial charge >= 0.3 is 0 Å². The van der Waals surface area contributed by atoms with Gasteiger partial charge < -0.3 is 10.6 Å². The molecule has 0 atom stereocenters. The van der Waals surface area contributed by atoms with E-state index in [0.29, 0.717) is 0 Å². The number of rotatable bonds is 2. The fourth-order valence-corrected chi connectivity index (χ4v) is 2.56. The van der Waals surface area contributed by atoms with Gasteiger partial charge in [-0.3, -0.25) is 0 Å². The SMILES string of the molecule is NC1(c2cc(F)c(F)cc2N2CCCC2)CC1. The van der Waals surface area contributed by atoms with Crippen LogP contribution in [0.15, 0.2) is 12.1 Å². The number of hydrogen-bond donors (Lipinski definition) is 1. The van der Waals surface area contributed by atoms with Crippen LogP contribution in [0.3, 0.4) is 0 Å². The molecule has 0 spiro atoms. The minimum Gasteiger partial charge on any atom is -0.371 e. The van der Waals surface area contributed by atoms with Gasteiger partial charge in [0.25, 0.3) is 0 Å². The van der Waals surface area contributed by atoms with E-state index < -0.39 is 17.2 Å². The minimum absolute atomic E-state index is 0.424. The first-order chi connectivity index (χ1) is 8.10. The highest BCUT2D eigenvalue weighted by Gasteiger charge is 2.43. The number of nitrogens with two attached hydrogens (primary N) is 1. The Balaban J connectivity index is 2.07. The van der Waals surface area contributed by atoms with E-state index in [0.717, 1.165) is 50.0 Å². The highest BCUT2D eigenvalue weighted by molar-refractivity contribution is 5.59. The maximum absolute atomic E-state index is 13.4. The van der Waals surface area contributed by atoms with Crippen molar-refractivity contribution in [1.29, 1.82) is 0 Å². The van der Waals surface area contributed by atoms with E-state index in [1.807, 2.05) is 0 Å². The number of benzene rings is 1. The third kappa shape index (κ3) is 1.80. The van der Waals surface area contributed by atoms with E-state index in [-0.39, 0.29) is 0 Å². The van der Waals surface area contributed by atoms with Gasteiger partial charge in [-0.25, -0.2) is 8.78 Å². The summed E-state index contributed by atoms with van der Waals surface area (Å²) < 4.78 is 26.7. The van der Waals surface area contributed by atoms with E-state index in [4.69, 9.17) is 5.73 Å². The average molecular weight is 238 g/mol. The summed E-state index contributed by atoms with van der Waals surface area (Å²) in [7, 11) is 0. The molecule has 0 aromatic heterocycles. The normalized spacial score (nSPS) is 21.9. The van der Waals surface area contributed by atoms with Crippen LogP contribution in [-0.2, 0) is 5.54 Å². The third-order valence-electron chi connectivity index (χ3n) is 3.81. The van der Waals surface area contributed by atoms with Crippen LogP contribution in [0.5, 0.6) is 0 Å². The number of anilines is 1. The highest BCUT2D eigenvalue weighted by Crippen LogP contribution is 2.47. The monoisotopic (exact) mass is 238 g/mol. The van der Waals surface area contributed by atoms with Gasteiger partial charge in [0.05, 0.1) is 0 Å². The third-order valence-corrected chi connectivity index (χ3v) is 3.81. The molecular formula is C13H16F2N2. The number of nitrogens with zero attached hydrogens (tertiary/aromatic N) is 1. The zero-order valence-corrected chi connectivity index (χ0v) is 9.68. The van der Waals surface area contributed by atoms with Gasteiger partial charge in [-0.2, -0.15) is 0 Å². The molecule has 1 aromatic rings. The molecule has 2 nitrogen and oxygen atoms in total. The van der Waals surface area contributed by atoms with Crippen molar-refractivity contribution >= 4 is 5.69 Å². The van der Waals surface area contributed by atoms with Gasteiger partial charge in [-0.05, 0) is 37.3 Å². The first kappa shape index (κ1) is 11.0. The second-order valence-electron chi connectivity index (χ2n) is 5.13. The molecule has 92 valence electrons. The van der Waals surface area contributed by atoms with Crippen molar-refractivity contribution < 1.29 is 8.78 Å². The first-order valence-corrected chi connectivity index (χ1v) is 6.13. The number of hydrogen-bond acceptors (Lipinski definition) is 2. The summed E-state index contributed by atoms with van der Waals surface area (Å²) in [6, 6.07) is 2.60. The van der Waals surface area contributed by atoms with Gasteiger partial charge in [0.1, 0.15) is 0 Å². The average Bonchev–Trinajstić information content (AvgIpc) is 2.84. The number of halogens is 2. The lowest BCUT2D eigenvalue weighted by molar-refractivity contribution is 0.504. The molecule has 0 unspecified atom stereocenters. The Morgan fingerprint density at radius 3 is 2.24 bits per heavy atom. The van der Waals surface area contributed by atoms with Crippen molar-refractivity contribution in [3.63, 3.8) is 0 Å². The Morgan fingerprint density at radius 2 is 1.65 bits per heavy atom. The van der Waals surface area contributed by atoms with Crippen LogP contribution in [0, 0.1) is 11.6 Å². The van der Waals surface area contributed by atoms with Crippen molar-refractivity contribution in [2.75, 3.05) is 18.0 Å². The largest absolute Gasteiger partial charge is 0.371 e. The summed E-state index contributed by atoms with van der Waals surface area (Å²) in [5.74, 6) is -1.57. The van der Waals surface area contributed by atoms with Crippen LogP contribution < -0.4 is 10.6 Å². The summed E-state index contributed by atoms with van der Waals surface area (Å²) in [6.45, 7) is 1.82. The molecule has 3 rings (SSSR count). The van der Waals surface area contributed by atoms with Crippen molar-refractivity contribution in [1.82, 2.24) is 0 Å². The molecule has 1 aliphatic heterocycles. The predicted molar refractivity (Wildman–Crippen MR) is 62.9 cm³/mol. The van der Waals surface area contributed by atoms with E-state index >= 15 is 0 Å². The molecule has 4 heteroatoms. The van der Waals surface area contributed by atoms with E-state index in [2.05, 4.69) is 4.90 Å². The second-order valence-corrected chi connectivity index (χ2v) is 5.13. The Kier molecular flexibility index (Phi) is 2.36. The molecule has 2 N–H and O–H groups in total. The lowest BCUT2D eigenvalue weighted by atomic mass is 10.0. The highest BCUT2D eigenvalue weighted by atomic mass is 19.2. The minimum atomic E-state index is -0.792. The lowest BCUT2D eigenvalue weighted by Gasteiger charge is -2.24. The Morgan fingerprint density at radius 1 is 1.06 bits per heavy atom. The lowest BCUT2D eigenvalue weighted by Crippen LogP contribution is -2.26. The van der Waals surface area contributed by atoms with Gasteiger partial charge in [0, 0.05) is 30.4 Å². The molecule has 1 heterocycles. The van der Waals surface area contributed by atoms with Crippen molar-refractivity contribution in [3.05, 3.63) is 29.3 Å². The molecule has 1 aromatic carbocycles. The summed E-state index contributed by atoms with van der Waals surface area (Å²) in [5.41, 5.74) is 7.28. The summed E-state index contributed by atoms with van der Waals surface area (Å²) in [4.78, 5) is 2.12. The zero-order valence-electron chi connectivity index (χ0n) is 9.68. The fourth-order valence-electron chi connectivity index (χ4n) is 2.56. The van der Waals surface area contributed by atoms with Crippen LogP contribution in [0.25, 0.3) is 0 Å². The first-order valence-electron chi connectivity index (χ1n) is 6.13. The molecule has 1 aliphatic carbocycles. The molecule has 0 radical (unpaired) electrons. The maximum atomic E-state index is 13.4. The van der Waals surface area contributed by atoms with Crippen molar-refractivity contribution in [3.8, 4) is 0 Å². The van der Waals surface area contributed by atoms with Gasteiger partial charge in [0.15, 0.2) is 11.6 Å². The van der Waals surface area contributed by atoms with Gasteiger partial charge in [-0.1, -0.05) is 0 Å². The molecule has 2 fully saturated rings. The van der Waals surface area contributed by atoms with Crippen molar-refractivity contribution in [2.45, 2.75) is 31.2 Å². The summed E-state index contributed by atoms with van der Waals surface area (Å²) in [6.07, 6.45) is 3.93.